The van der Waals surface area contributed by atoms with Gasteiger partial charge in [0, 0.05) is 0 Å². The van der Waals surface area contributed by atoms with Crippen LogP contribution in [0.2, 0.25) is 0 Å². The van der Waals surface area contributed by atoms with Crippen molar-refractivity contribution in [1.29, 1.82) is 0 Å². The molecule has 0 heterocycles. The highest BCUT2D eigenvalue weighted by Crippen LogP contribution is 2.03. The Morgan fingerprint density at radius 1 is 0.632 bits per heavy atom. The maximum atomic E-state index is 8.74. The molecule has 0 aromatic rings. The minimum atomic E-state index is -4.67. The van der Waals surface area contributed by atoms with Crippen LogP contribution in [-0.2, 0) is 20.8 Å². The average molecular weight is 326 g/mol. The Labute approximate surface area is 115 Å². The molecule has 0 aliphatic rings. The molecule has 4 N–H and O–H groups in total. The molecule has 0 unspecified atom stereocenters. The molecule has 0 aliphatic heterocycles. The fraction of sp³-hybridized carbons (Fsp3) is 1.00. The molecule has 0 saturated carbocycles. The summed E-state index contributed by atoms with van der Waals surface area (Å²) in [5.74, 6) is 0. The Balaban J connectivity index is -0.000000219. The summed E-state index contributed by atoms with van der Waals surface area (Å²) in [6.07, 6.45) is 0. The van der Waals surface area contributed by atoms with Crippen molar-refractivity contribution in [2.24, 2.45) is 0 Å². The largest absolute Gasteiger partial charge is 0.394 e. The zero-order valence-corrected chi connectivity index (χ0v) is 13.1. The molecule has 0 atom stereocenters. The van der Waals surface area contributed by atoms with Gasteiger partial charge in [-0.2, -0.15) is 16.8 Å². The normalized spacial score (nSPS) is 11.8. The van der Waals surface area contributed by atoms with Gasteiger partial charge in [0.15, 0.2) is 0 Å². The third-order valence-corrected chi connectivity index (χ3v) is 2.68. The summed E-state index contributed by atoms with van der Waals surface area (Å²) in [5, 5.41) is 0. The summed E-state index contributed by atoms with van der Waals surface area (Å²) in [5.41, 5.74) is 0. The summed E-state index contributed by atoms with van der Waals surface area (Å²) < 4.78 is 64.4. The molecule has 0 spiro atoms. The maximum Gasteiger partial charge on any atom is 0.394 e. The second-order valence-electron chi connectivity index (χ2n) is 3.50. The van der Waals surface area contributed by atoms with E-state index in [2.05, 4.69) is 27.7 Å². The van der Waals surface area contributed by atoms with Crippen LogP contribution < -0.4 is 0 Å². The van der Waals surface area contributed by atoms with E-state index >= 15 is 0 Å². The molecule has 0 bridgehead atoms. The number of hydrogen-bond acceptors (Lipinski definition) is 4. The zero-order valence-electron chi connectivity index (χ0n) is 11.5. The summed E-state index contributed by atoms with van der Waals surface area (Å²) in [6.45, 7) is 14.2. The molecule has 0 aliphatic carbocycles. The molecule has 0 rings (SSSR count). The summed E-state index contributed by atoms with van der Waals surface area (Å²) in [7, 11) is -9.33. The van der Waals surface area contributed by atoms with E-state index in [4.69, 9.17) is 35.0 Å². The lowest BCUT2D eigenvalue weighted by molar-refractivity contribution is -0.921. The van der Waals surface area contributed by atoms with E-state index in [9.17, 15) is 0 Å². The van der Waals surface area contributed by atoms with Crippen molar-refractivity contribution in [3.05, 3.63) is 0 Å². The third kappa shape index (κ3) is 31.9. The predicted molar refractivity (Wildman–Crippen MR) is 70.8 cm³/mol. The highest BCUT2D eigenvalue weighted by molar-refractivity contribution is 7.80. The first-order chi connectivity index (χ1) is 8.24. The van der Waals surface area contributed by atoms with Crippen LogP contribution in [0.3, 0.4) is 0 Å². The summed E-state index contributed by atoms with van der Waals surface area (Å²) in [6, 6.07) is 0. The number of nitrogens with zero attached hydrogens (tertiary/aromatic N) is 1. The predicted octanol–water partition coefficient (Wildman–Crippen LogP) is 0.577. The van der Waals surface area contributed by atoms with Gasteiger partial charge in [0.25, 0.3) is 0 Å². The van der Waals surface area contributed by atoms with E-state index in [1.165, 1.54) is 30.7 Å². The molecule has 9 nitrogen and oxygen atoms in total. The van der Waals surface area contributed by atoms with Crippen LogP contribution in [0, 0.1) is 0 Å². The monoisotopic (exact) mass is 326 g/mol. The fourth-order valence-electron chi connectivity index (χ4n) is 1.34. The van der Waals surface area contributed by atoms with Crippen LogP contribution in [0.1, 0.15) is 27.7 Å². The first kappa shape index (κ1) is 23.8. The van der Waals surface area contributed by atoms with Gasteiger partial charge in [0.2, 0.25) is 0 Å². The third-order valence-electron chi connectivity index (χ3n) is 2.68. The Kier molecular flexibility index (Phi) is 13.1. The van der Waals surface area contributed by atoms with E-state index in [0.717, 1.165) is 0 Å². The van der Waals surface area contributed by atoms with Gasteiger partial charge in [-0.3, -0.25) is 18.2 Å². The summed E-state index contributed by atoms with van der Waals surface area (Å²) in [4.78, 5) is 0. The topological polar surface area (TPSA) is 149 Å². The number of hydrogen-bond donors (Lipinski definition) is 4. The highest BCUT2D eigenvalue weighted by Gasteiger charge is 2.16. The molecule has 0 aromatic heterocycles. The second kappa shape index (κ2) is 10.5. The van der Waals surface area contributed by atoms with E-state index < -0.39 is 20.8 Å². The lowest BCUT2D eigenvalue weighted by Crippen LogP contribution is -2.47. The molecule has 0 aromatic carbocycles. The zero-order chi connectivity index (χ0) is 16.3. The smallest absolute Gasteiger partial charge is 0.325 e. The van der Waals surface area contributed by atoms with Crippen LogP contribution in [0.5, 0.6) is 0 Å². The number of rotatable bonds is 4. The first-order valence-electron chi connectivity index (χ1n) is 5.49. The van der Waals surface area contributed by atoms with Gasteiger partial charge < -0.3 is 4.48 Å². The van der Waals surface area contributed by atoms with Crippen LogP contribution in [-0.4, -0.2) is 65.7 Å². The highest BCUT2D eigenvalue weighted by atomic mass is 32.3. The van der Waals surface area contributed by atoms with Gasteiger partial charge in [-0.25, -0.2) is 0 Å². The first-order valence-corrected chi connectivity index (χ1v) is 8.28. The molecule has 120 valence electrons. The second-order valence-corrected chi connectivity index (χ2v) is 5.29. The van der Waals surface area contributed by atoms with Gasteiger partial charge in [0.1, 0.15) is 0 Å². The molecular formula is C8H24NO8S2+. The minimum absolute atomic E-state index is 1.28. The van der Waals surface area contributed by atoms with E-state index in [0.29, 0.717) is 0 Å². The van der Waals surface area contributed by atoms with Gasteiger partial charge in [-0.15, -0.1) is 0 Å². The Morgan fingerprint density at radius 2 is 0.737 bits per heavy atom. The van der Waals surface area contributed by atoms with Gasteiger partial charge in [0.05, 0.1) is 26.2 Å². The molecule has 0 fully saturated rings. The van der Waals surface area contributed by atoms with Crippen LogP contribution >= 0.6 is 0 Å². The summed E-state index contributed by atoms with van der Waals surface area (Å²) >= 11 is 0. The van der Waals surface area contributed by atoms with Crippen molar-refractivity contribution in [1.82, 2.24) is 0 Å². The average Bonchev–Trinajstić information content (AvgIpc) is 2.17. The maximum absolute atomic E-state index is 8.74. The van der Waals surface area contributed by atoms with Crippen molar-refractivity contribution in [2.45, 2.75) is 27.7 Å². The quantitative estimate of drug-likeness (QED) is 0.433. The Morgan fingerprint density at radius 3 is 0.737 bits per heavy atom. The van der Waals surface area contributed by atoms with Crippen molar-refractivity contribution in [3.8, 4) is 0 Å². The van der Waals surface area contributed by atoms with Gasteiger partial charge in [-0.05, 0) is 27.7 Å². The van der Waals surface area contributed by atoms with Crippen molar-refractivity contribution >= 4 is 20.8 Å². The van der Waals surface area contributed by atoms with Crippen molar-refractivity contribution in [3.63, 3.8) is 0 Å². The van der Waals surface area contributed by atoms with E-state index in [-0.39, 0.29) is 0 Å². The Bertz CT molecular complexity index is 335. The van der Waals surface area contributed by atoms with Crippen LogP contribution in [0.25, 0.3) is 0 Å². The lowest BCUT2D eigenvalue weighted by atomic mass is 10.3. The molecule has 11 heteroatoms. The fourth-order valence-corrected chi connectivity index (χ4v) is 1.34. The molecular weight excluding hydrogens is 302 g/mol. The SMILES string of the molecule is CC[N+](CC)(CC)CC.O=S(=O)(O)O.O=S(=O)(O)O. The molecule has 0 amide bonds. The Hall–Kier alpha value is -0.300. The van der Waals surface area contributed by atoms with Crippen molar-refractivity contribution < 1.29 is 39.5 Å². The van der Waals surface area contributed by atoms with Crippen LogP contribution in [0.15, 0.2) is 0 Å². The molecule has 19 heavy (non-hydrogen) atoms. The van der Waals surface area contributed by atoms with Crippen LogP contribution in [0.4, 0.5) is 0 Å². The number of quaternary nitrogens is 1. The van der Waals surface area contributed by atoms with Gasteiger partial charge in [-0.1, -0.05) is 0 Å². The van der Waals surface area contributed by atoms with Crippen molar-refractivity contribution in [2.75, 3.05) is 26.2 Å². The lowest BCUT2D eigenvalue weighted by Gasteiger charge is -2.34. The standard InChI is InChI=1S/C8H20N.2H2O4S/c1-5-9(6-2,7-3)8-4;2*1-5(2,3)4/h5-8H2,1-4H3;2*(H2,1,2,3,4)/q+1;;. The van der Waals surface area contributed by atoms with E-state index in [1.807, 2.05) is 0 Å². The molecule has 0 saturated heterocycles. The molecule has 0 radical (unpaired) electrons. The van der Waals surface area contributed by atoms with Gasteiger partial charge >= 0.3 is 20.8 Å². The van der Waals surface area contributed by atoms with E-state index in [1.54, 1.807) is 0 Å². The minimum Gasteiger partial charge on any atom is -0.325 e.